The number of carbonyl (C=O) groups excluding carboxylic acids is 1. The fourth-order valence-corrected chi connectivity index (χ4v) is 0.976. The van der Waals surface area contributed by atoms with Gasteiger partial charge in [0.15, 0.2) is 0 Å². The summed E-state index contributed by atoms with van der Waals surface area (Å²) < 4.78 is 24.9. The summed E-state index contributed by atoms with van der Waals surface area (Å²) in [7, 11) is 0. The zero-order chi connectivity index (χ0) is 12.4. The molecule has 0 bridgehead atoms. The number of halogens is 3. The summed E-state index contributed by atoms with van der Waals surface area (Å²) in [5.41, 5.74) is -0.847. The molecule has 1 atom stereocenters. The molecule has 4 nitrogen and oxygen atoms in total. The van der Waals surface area contributed by atoms with Crippen LogP contribution in [0.25, 0.3) is 0 Å². The summed E-state index contributed by atoms with van der Waals surface area (Å²) in [6.45, 7) is 4.58. The standard InChI is InChI=1S/C8H12BrF2NO3/c1-7(2,3)4(5(13)14)12-6(15)8(9,10)11/h4H,1-3H3,(H,12,15)(H,13,14)/t4-/m1/s1. The van der Waals surface area contributed by atoms with Gasteiger partial charge in [0.1, 0.15) is 6.04 Å². The van der Waals surface area contributed by atoms with E-state index in [0.717, 1.165) is 0 Å². The van der Waals surface area contributed by atoms with Crippen molar-refractivity contribution in [2.24, 2.45) is 5.41 Å². The highest BCUT2D eigenvalue weighted by molar-refractivity contribution is 9.10. The SMILES string of the molecule is CC(C)(C)[C@H](NC(=O)C(F)(F)Br)C(=O)O. The number of carbonyl (C=O) groups is 2. The molecule has 15 heavy (non-hydrogen) atoms. The molecule has 0 radical (unpaired) electrons. The second kappa shape index (κ2) is 4.42. The maximum atomic E-state index is 12.4. The van der Waals surface area contributed by atoms with Crippen molar-refractivity contribution in [1.82, 2.24) is 5.32 Å². The zero-order valence-corrected chi connectivity index (χ0v) is 10.1. The number of nitrogens with one attached hydrogen (secondary N) is 1. The molecule has 2 N–H and O–H groups in total. The first kappa shape index (κ1) is 14.3. The maximum absolute atomic E-state index is 12.4. The van der Waals surface area contributed by atoms with E-state index in [-0.39, 0.29) is 0 Å². The van der Waals surface area contributed by atoms with E-state index in [1.807, 2.05) is 15.9 Å². The number of rotatable bonds is 3. The molecule has 0 aliphatic heterocycles. The fraction of sp³-hybridized carbons (Fsp3) is 0.750. The average molecular weight is 288 g/mol. The molecular formula is C8H12BrF2NO3. The van der Waals surface area contributed by atoms with Crippen molar-refractivity contribution in [2.75, 3.05) is 0 Å². The smallest absolute Gasteiger partial charge is 0.377 e. The van der Waals surface area contributed by atoms with Crippen molar-refractivity contribution >= 4 is 27.8 Å². The maximum Gasteiger partial charge on any atom is 0.377 e. The van der Waals surface area contributed by atoms with Crippen LogP contribution in [0.4, 0.5) is 8.78 Å². The molecule has 0 aromatic carbocycles. The van der Waals surface area contributed by atoms with E-state index in [0.29, 0.717) is 0 Å². The minimum absolute atomic E-state index is 0.847. The Labute approximate surface area is 94.2 Å². The van der Waals surface area contributed by atoms with Crippen molar-refractivity contribution in [2.45, 2.75) is 31.6 Å². The summed E-state index contributed by atoms with van der Waals surface area (Å²) in [4.78, 5) is 17.8. The lowest BCUT2D eigenvalue weighted by atomic mass is 9.87. The van der Waals surface area contributed by atoms with E-state index in [1.54, 1.807) is 5.32 Å². The lowest BCUT2D eigenvalue weighted by Gasteiger charge is -2.28. The van der Waals surface area contributed by atoms with Gasteiger partial charge < -0.3 is 10.4 Å². The second-order valence-electron chi connectivity index (χ2n) is 4.11. The van der Waals surface area contributed by atoms with E-state index >= 15 is 0 Å². The first-order valence-electron chi connectivity index (χ1n) is 4.06. The summed E-state index contributed by atoms with van der Waals surface area (Å²) in [6.07, 6.45) is 0. The minimum atomic E-state index is -3.76. The Morgan fingerprint density at radius 2 is 1.73 bits per heavy atom. The van der Waals surface area contributed by atoms with Gasteiger partial charge in [-0.25, -0.2) is 4.79 Å². The molecule has 7 heteroatoms. The molecule has 0 rings (SSSR count). The van der Waals surface area contributed by atoms with E-state index in [4.69, 9.17) is 5.11 Å². The summed E-state index contributed by atoms with van der Waals surface area (Å²) in [5.74, 6) is -3.02. The highest BCUT2D eigenvalue weighted by Crippen LogP contribution is 2.24. The number of hydrogen-bond acceptors (Lipinski definition) is 2. The van der Waals surface area contributed by atoms with E-state index < -0.39 is 28.2 Å². The van der Waals surface area contributed by atoms with Crippen LogP contribution < -0.4 is 5.32 Å². The van der Waals surface area contributed by atoms with E-state index in [2.05, 4.69) is 0 Å². The first-order valence-corrected chi connectivity index (χ1v) is 4.86. The normalized spacial score (nSPS) is 14.5. The molecular weight excluding hydrogens is 276 g/mol. The Hall–Kier alpha value is -0.720. The quantitative estimate of drug-likeness (QED) is 0.775. The number of carboxylic acid groups (broad SMARTS) is 1. The van der Waals surface area contributed by atoms with Gasteiger partial charge in [-0.15, -0.1) is 0 Å². The van der Waals surface area contributed by atoms with Crippen molar-refractivity contribution in [3.05, 3.63) is 0 Å². The third-order valence-electron chi connectivity index (χ3n) is 1.65. The molecule has 0 fully saturated rings. The van der Waals surface area contributed by atoms with Gasteiger partial charge >= 0.3 is 16.7 Å². The first-order chi connectivity index (χ1) is 6.46. The summed E-state index contributed by atoms with van der Waals surface area (Å²) >= 11 is 1.85. The average Bonchev–Trinajstić information content (AvgIpc) is 1.94. The van der Waals surface area contributed by atoms with Crippen molar-refractivity contribution in [3.63, 3.8) is 0 Å². The van der Waals surface area contributed by atoms with Crippen LogP contribution >= 0.6 is 15.9 Å². The van der Waals surface area contributed by atoms with Crippen LogP contribution in [0.3, 0.4) is 0 Å². The Morgan fingerprint density at radius 1 is 1.33 bits per heavy atom. The van der Waals surface area contributed by atoms with Crippen LogP contribution in [-0.4, -0.2) is 27.9 Å². The highest BCUT2D eigenvalue weighted by Gasteiger charge is 2.41. The number of amides is 1. The fourth-order valence-electron chi connectivity index (χ4n) is 0.862. The van der Waals surface area contributed by atoms with Gasteiger partial charge in [0.05, 0.1) is 0 Å². The summed E-state index contributed by atoms with van der Waals surface area (Å²) in [5, 5.41) is 10.5. The molecule has 0 aromatic heterocycles. The third-order valence-corrected chi connectivity index (χ3v) is 2.01. The van der Waals surface area contributed by atoms with Crippen LogP contribution in [0.1, 0.15) is 20.8 Å². The number of carboxylic acids is 1. The van der Waals surface area contributed by atoms with Gasteiger partial charge in [-0.3, -0.25) is 4.79 Å². The lowest BCUT2D eigenvalue weighted by Crippen LogP contribution is -2.52. The molecule has 0 aromatic rings. The van der Waals surface area contributed by atoms with Crippen molar-refractivity contribution in [1.29, 1.82) is 0 Å². The van der Waals surface area contributed by atoms with Gasteiger partial charge in [0, 0.05) is 15.9 Å². The molecule has 0 saturated carbocycles. The Balaban J connectivity index is 4.74. The highest BCUT2D eigenvalue weighted by atomic mass is 79.9. The van der Waals surface area contributed by atoms with Crippen molar-refractivity contribution < 1.29 is 23.5 Å². The Bertz CT molecular complexity index is 270. The number of hydrogen-bond donors (Lipinski definition) is 2. The molecule has 0 unspecified atom stereocenters. The lowest BCUT2D eigenvalue weighted by molar-refractivity contribution is -0.148. The minimum Gasteiger partial charge on any atom is -0.480 e. The van der Waals surface area contributed by atoms with Crippen LogP contribution in [0, 0.1) is 5.41 Å². The third kappa shape index (κ3) is 4.55. The molecule has 88 valence electrons. The van der Waals surface area contributed by atoms with Crippen LogP contribution in [0.2, 0.25) is 0 Å². The Kier molecular flexibility index (Phi) is 4.21. The molecule has 0 saturated heterocycles. The zero-order valence-electron chi connectivity index (χ0n) is 8.47. The molecule has 0 aliphatic carbocycles. The molecule has 0 spiro atoms. The summed E-state index contributed by atoms with van der Waals surface area (Å²) in [6, 6.07) is -1.37. The number of alkyl halides is 3. The largest absolute Gasteiger partial charge is 0.480 e. The topological polar surface area (TPSA) is 66.4 Å². The molecule has 0 aliphatic rings. The van der Waals surface area contributed by atoms with Gasteiger partial charge in [0.25, 0.3) is 0 Å². The predicted octanol–water partition coefficient (Wildman–Crippen LogP) is 1.59. The number of aliphatic carboxylic acids is 1. The van der Waals surface area contributed by atoms with Crippen LogP contribution in [0.15, 0.2) is 0 Å². The van der Waals surface area contributed by atoms with Gasteiger partial charge in [-0.1, -0.05) is 20.8 Å². The van der Waals surface area contributed by atoms with Crippen molar-refractivity contribution in [3.8, 4) is 0 Å². The Morgan fingerprint density at radius 3 is 1.93 bits per heavy atom. The van der Waals surface area contributed by atoms with Gasteiger partial charge in [-0.05, 0) is 5.41 Å². The van der Waals surface area contributed by atoms with E-state index in [1.165, 1.54) is 20.8 Å². The predicted molar refractivity (Wildman–Crippen MR) is 52.9 cm³/mol. The molecule has 0 heterocycles. The molecule has 1 amide bonds. The van der Waals surface area contributed by atoms with Gasteiger partial charge in [-0.2, -0.15) is 8.78 Å². The van der Waals surface area contributed by atoms with Crippen LogP contribution in [-0.2, 0) is 9.59 Å². The van der Waals surface area contributed by atoms with E-state index in [9.17, 15) is 18.4 Å². The second-order valence-corrected chi connectivity index (χ2v) is 5.10. The van der Waals surface area contributed by atoms with Crippen LogP contribution in [0.5, 0.6) is 0 Å². The monoisotopic (exact) mass is 287 g/mol. The van der Waals surface area contributed by atoms with Gasteiger partial charge in [0.2, 0.25) is 0 Å².